The highest BCUT2D eigenvalue weighted by Gasteiger charge is 2.18. The summed E-state index contributed by atoms with van der Waals surface area (Å²) in [5.41, 5.74) is 6.00. The Balaban J connectivity index is 2.98. The number of nitrogens with one attached hydrogen (secondary N) is 1. The van der Waals surface area contributed by atoms with Crippen molar-refractivity contribution < 1.29 is 17.9 Å². The number of anilines is 1. The van der Waals surface area contributed by atoms with Gasteiger partial charge < -0.3 is 15.2 Å². The van der Waals surface area contributed by atoms with Crippen LogP contribution in [0.2, 0.25) is 0 Å². The van der Waals surface area contributed by atoms with Gasteiger partial charge in [-0.15, -0.1) is 0 Å². The Labute approximate surface area is 101 Å². The van der Waals surface area contributed by atoms with Crippen LogP contribution in [-0.2, 0) is 14.8 Å². The molecule has 96 valence electrons. The molecule has 0 heterocycles. The van der Waals surface area contributed by atoms with E-state index in [2.05, 4.69) is 4.72 Å². The maximum Gasteiger partial charge on any atom is 0.244 e. The van der Waals surface area contributed by atoms with Gasteiger partial charge in [-0.3, -0.25) is 0 Å². The van der Waals surface area contributed by atoms with Gasteiger partial charge in [0, 0.05) is 25.4 Å². The summed E-state index contributed by atoms with van der Waals surface area (Å²) in [7, 11) is -0.713. The van der Waals surface area contributed by atoms with Gasteiger partial charge in [-0.05, 0) is 12.1 Å². The van der Waals surface area contributed by atoms with Crippen molar-refractivity contribution in [1.82, 2.24) is 4.72 Å². The number of rotatable bonds is 6. The molecule has 0 aliphatic carbocycles. The number of benzene rings is 1. The Kier molecular flexibility index (Phi) is 4.73. The zero-order valence-corrected chi connectivity index (χ0v) is 10.6. The number of ether oxygens (including phenoxy) is 2. The van der Waals surface area contributed by atoms with Crippen molar-refractivity contribution in [2.75, 3.05) is 33.1 Å². The third-order valence-electron chi connectivity index (χ3n) is 2.08. The van der Waals surface area contributed by atoms with E-state index in [0.717, 1.165) is 0 Å². The third kappa shape index (κ3) is 3.58. The third-order valence-corrected chi connectivity index (χ3v) is 3.58. The Bertz CT molecular complexity index is 473. The van der Waals surface area contributed by atoms with E-state index in [1.54, 1.807) is 0 Å². The first-order valence-electron chi connectivity index (χ1n) is 4.93. The Morgan fingerprint density at radius 3 is 2.65 bits per heavy atom. The topological polar surface area (TPSA) is 90.7 Å². The number of methoxy groups -OCH3 is 2. The van der Waals surface area contributed by atoms with E-state index in [4.69, 9.17) is 15.2 Å². The summed E-state index contributed by atoms with van der Waals surface area (Å²) in [6.07, 6.45) is 0. The second-order valence-electron chi connectivity index (χ2n) is 3.30. The highest BCUT2D eigenvalue weighted by molar-refractivity contribution is 7.89. The summed E-state index contributed by atoms with van der Waals surface area (Å²) >= 11 is 0. The zero-order valence-electron chi connectivity index (χ0n) is 9.76. The van der Waals surface area contributed by atoms with Gasteiger partial charge in [0.1, 0.15) is 10.6 Å². The van der Waals surface area contributed by atoms with E-state index in [9.17, 15) is 8.42 Å². The van der Waals surface area contributed by atoms with Crippen molar-refractivity contribution in [2.45, 2.75) is 4.90 Å². The van der Waals surface area contributed by atoms with E-state index in [1.807, 2.05) is 0 Å². The van der Waals surface area contributed by atoms with Gasteiger partial charge in [0.25, 0.3) is 0 Å². The van der Waals surface area contributed by atoms with Gasteiger partial charge in [0.2, 0.25) is 10.0 Å². The standard InChI is InChI=1S/C10H16N2O4S/c1-15-6-5-12-17(13,14)10-4-3-8(11)7-9(10)16-2/h3-4,7,12H,5-6,11H2,1-2H3. The lowest BCUT2D eigenvalue weighted by Gasteiger charge is -2.10. The van der Waals surface area contributed by atoms with Crippen molar-refractivity contribution in [1.29, 1.82) is 0 Å². The predicted octanol–water partition coefficient (Wildman–Crippen LogP) is 0.202. The average Bonchev–Trinajstić information content (AvgIpc) is 2.28. The largest absolute Gasteiger partial charge is 0.495 e. The first kappa shape index (κ1) is 13.8. The quantitative estimate of drug-likeness (QED) is 0.563. The second kappa shape index (κ2) is 5.85. The average molecular weight is 260 g/mol. The minimum atomic E-state index is -3.60. The molecular weight excluding hydrogens is 244 g/mol. The van der Waals surface area contributed by atoms with Crippen LogP contribution in [-0.4, -0.2) is 35.8 Å². The first-order valence-corrected chi connectivity index (χ1v) is 6.41. The van der Waals surface area contributed by atoms with Crippen LogP contribution in [0.3, 0.4) is 0 Å². The van der Waals surface area contributed by atoms with E-state index in [1.165, 1.54) is 32.4 Å². The number of hydrogen-bond donors (Lipinski definition) is 2. The molecule has 0 bridgehead atoms. The summed E-state index contributed by atoms with van der Waals surface area (Å²) in [4.78, 5) is 0.0605. The molecule has 0 spiro atoms. The summed E-state index contributed by atoms with van der Waals surface area (Å²) < 4.78 is 36.0. The van der Waals surface area contributed by atoms with Gasteiger partial charge in [0.15, 0.2) is 0 Å². The minimum absolute atomic E-state index is 0.0605. The maximum atomic E-state index is 11.9. The van der Waals surface area contributed by atoms with Crippen LogP contribution < -0.4 is 15.2 Å². The highest BCUT2D eigenvalue weighted by Crippen LogP contribution is 2.25. The van der Waals surface area contributed by atoms with Crippen LogP contribution in [0.1, 0.15) is 0 Å². The molecule has 0 aromatic heterocycles. The summed E-state index contributed by atoms with van der Waals surface area (Å²) in [6.45, 7) is 0.503. The molecule has 6 nitrogen and oxygen atoms in total. The lowest BCUT2D eigenvalue weighted by Crippen LogP contribution is -2.27. The van der Waals surface area contributed by atoms with Gasteiger partial charge >= 0.3 is 0 Å². The Morgan fingerprint density at radius 2 is 2.06 bits per heavy atom. The first-order chi connectivity index (χ1) is 8.01. The number of nitrogens with two attached hydrogens (primary N) is 1. The maximum absolute atomic E-state index is 11.9. The SMILES string of the molecule is COCCNS(=O)(=O)c1ccc(N)cc1OC. The van der Waals surface area contributed by atoms with Crippen molar-refractivity contribution >= 4 is 15.7 Å². The van der Waals surface area contributed by atoms with Gasteiger partial charge in [-0.25, -0.2) is 13.1 Å². The Hall–Kier alpha value is -1.31. The van der Waals surface area contributed by atoms with Crippen LogP contribution in [0.25, 0.3) is 0 Å². The smallest absolute Gasteiger partial charge is 0.244 e. The highest BCUT2D eigenvalue weighted by atomic mass is 32.2. The van der Waals surface area contributed by atoms with Crippen LogP contribution in [0.15, 0.2) is 23.1 Å². The number of sulfonamides is 1. The lowest BCUT2D eigenvalue weighted by molar-refractivity contribution is 0.204. The molecule has 1 rings (SSSR count). The predicted molar refractivity (Wildman–Crippen MR) is 64.5 cm³/mol. The van der Waals surface area contributed by atoms with E-state index in [0.29, 0.717) is 12.3 Å². The molecule has 0 unspecified atom stereocenters. The van der Waals surface area contributed by atoms with Crippen LogP contribution >= 0.6 is 0 Å². The monoisotopic (exact) mass is 260 g/mol. The van der Waals surface area contributed by atoms with E-state index < -0.39 is 10.0 Å². The summed E-state index contributed by atoms with van der Waals surface area (Å²) in [5.74, 6) is 0.218. The zero-order chi connectivity index (χ0) is 12.9. The molecule has 0 saturated heterocycles. The lowest BCUT2D eigenvalue weighted by atomic mass is 10.3. The molecule has 0 radical (unpaired) electrons. The van der Waals surface area contributed by atoms with Gasteiger partial charge in [0.05, 0.1) is 13.7 Å². The Morgan fingerprint density at radius 1 is 1.35 bits per heavy atom. The van der Waals surface area contributed by atoms with Crippen LogP contribution in [0.4, 0.5) is 5.69 Å². The van der Waals surface area contributed by atoms with E-state index in [-0.39, 0.29) is 17.2 Å². The van der Waals surface area contributed by atoms with Crippen molar-refractivity contribution in [3.63, 3.8) is 0 Å². The molecule has 1 aromatic rings. The molecule has 0 amide bonds. The molecule has 0 saturated carbocycles. The second-order valence-corrected chi connectivity index (χ2v) is 5.04. The fourth-order valence-corrected chi connectivity index (χ4v) is 2.42. The molecule has 7 heteroatoms. The van der Waals surface area contributed by atoms with Crippen molar-refractivity contribution in [3.8, 4) is 5.75 Å². The molecular formula is C10H16N2O4S. The molecule has 0 atom stereocenters. The van der Waals surface area contributed by atoms with Crippen molar-refractivity contribution in [3.05, 3.63) is 18.2 Å². The van der Waals surface area contributed by atoms with Gasteiger partial charge in [-0.2, -0.15) is 0 Å². The fraction of sp³-hybridized carbons (Fsp3) is 0.400. The van der Waals surface area contributed by atoms with Crippen LogP contribution in [0, 0.1) is 0 Å². The molecule has 17 heavy (non-hydrogen) atoms. The number of nitrogen functional groups attached to an aromatic ring is 1. The summed E-state index contributed by atoms with van der Waals surface area (Å²) in [6, 6.07) is 4.38. The molecule has 3 N–H and O–H groups in total. The molecule has 1 aromatic carbocycles. The summed E-state index contributed by atoms with van der Waals surface area (Å²) in [5, 5.41) is 0. The van der Waals surface area contributed by atoms with Crippen LogP contribution in [0.5, 0.6) is 5.75 Å². The molecule has 0 fully saturated rings. The van der Waals surface area contributed by atoms with Gasteiger partial charge in [-0.1, -0.05) is 0 Å². The minimum Gasteiger partial charge on any atom is -0.495 e. The molecule has 0 aliphatic heterocycles. The normalized spacial score (nSPS) is 11.4. The number of hydrogen-bond acceptors (Lipinski definition) is 5. The van der Waals surface area contributed by atoms with E-state index >= 15 is 0 Å². The molecule has 0 aliphatic rings. The fourth-order valence-electron chi connectivity index (χ4n) is 1.26. The van der Waals surface area contributed by atoms with Crippen molar-refractivity contribution in [2.24, 2.45) is 0 Å².